The van der Waals surface area contributed by atoms with Crippen LogP contribution in [-0.2, 0) is 0 Å². The van der Waals surface area contributed by atoms with E-state index in [0.717, 1.165) is 17.9 Å². The number of nitrogens with one attached hydrogen (secondary N) is 1. The van der Waals surface area contributed by atoms with E-state index in [0.29, 0.717) is 0 Å². The maximum absolute atomic E-state index is 3.55. The average Bonchev–Trinajstić information content (AvgIpc) is 2.86. The first-order valence-corrected chi connectivity index (χ1v) is 7.78. The van der Waals surface area contributed by atoms with Gasteiger partial charge in [0.2, 0.25) is 0 Å². The highest BCUT2D eigenvalue weighted by Gasteiger charge is 2.29. The van der Waals surface area contributed by atoms with Gasteiger partial charge in [-0.2, -0.15) is 0 Å². The summed E-state index contributed by atoms with van der Waals surface area (Å²) < 4.78 is 0. The molecule has 2 nitrogen and oxygen atoms in total. The second-order valence-corrected chi connectivity index (χ2v) is 6.04. The fourth-order valence-corrected chi connectivity index (χ4v) is 3.70. The first-order chi connectivity index (χ1) is 8.33. The molecular formula is C15H30N2. The maximum atomic E-state index is 3.55. The summed E-state index contributed by atoms with van der Waals surface area (Å²) in [7, 11) is 0. The molecule has 2 heteroatoms. The summed E-state index contributed by atoms with van der Waals surface area (Å²) in [6.07, 6.45) is 8.59. The maximum Gasteiger partial charge on any atom is 0.00980 e. The molecule has 1 heterocycles. The molecule has 1 N–H and O–H groups in total. The minimum Gasteiger partial charge on any atom is -0.316 e. The lowest BCUT2D eigenvalue weighted by Crippen LogP contribution is -2.42. The predicted molar refractivity (Wildman–Crippen MR) is 74.3 cm³/mol. The van der Waals surface area contributed by atoms with E-state index in [1.165, 1.54) is 64.7 Å². The topological polar surface area (TPSA) is 15.3 Å². The molecule has 0 aromatic carbocycles. The molecule has 1 aliphatic heterocycles. The zero-order chi connectivity index (χ0) is 12.1. The average molecular weight is 238 g/mol. The van der Waals surface area contributed by atoms with E-state index in [1.807, 2.05) is 0 Å². The van der Waals surface area contributed by atoms with Gasteiger partial charge in [0.15, 0.2) is 0 Å². The molecule has 17 heavy (non-hydrogen) atoms. The Morgan fingerprint density at radius 2 is 2.00 bits per heavy atom. The van der Waals surface area contributed by atoms with E-state index in [4.69, 9.17) is 0 Å². The molecule has 1 saturated carbocycles. The lowest BCUT2D eigenvalue weighted by atomic mass is 9.98. The van der Waals surface area contributed by atoms with Crippen LogP contribution in [0.5, 0.6) is 0 Å². The molecule has 0 aromatic rings. The molecule has 0 aromatic heterocycles. The van der Waals surface area contributed by atoms with Gasteiger partial charge in [-0.15, -0.1) is 0 Å². The van der Waals surface area contributed by atoms with Crippen molar-refractivity contribution in [3.05, 3.63) is 0 Å². The third kappa shape index (κ3) is 3.69. The molecule has 1 aliphatic carbocycles. The monoisotopic (exact) mass is 238 g/mol. The number of hydrogen-bond donors (Lipinski definition) is 1. The first kappa shape index (κ1) is 13.4. The van der Waals surface area contributed by atoms with Crippen molar-refractivity contribution in [1.29, 1.82) is 0 Å². The summed E-state index contributed by atoms with van der Waals surface area (Å²) >= 11 is 0. The zero-order valence-electron chi connectivity index (χ0n) is 11.8. The molecule has 2 fully saturated rings. The van der Waals surface area contributed by atoms with Gasteiger partial charge in [-0.25, -0.2) is 0 Å². The Bertz CT molecular complexity index is 211. The second kappa shape index (κ2) is 6.75. The molecule has 100 valence electrons. The Labute approximate surface area is 107 Å². The van der Waals surface area contributed by atoms with Crippen molar-refractivity contribution in [2.24, 2.45) is 11.8 Å². The number of piperidine rings is 1. The number of nitrogens with zero attached hydrogens (tertiary/aromatic N) is 1. The van der Waals surface area contributed by atoms with Gasteiger partial charge in [0.25, 0.3) is 0 Å². The zero-order valence-corrected chi connectivity index (χ0v) is 11.8. The van der Waals surface area contributed by atoms with Crippen LogP contribution >= 0.6 is 0 Å². The summed E-state index contributed by atoms with van der Waals surface area (Å²) in [5, 5.41) is 3.55. The van der Waals surface area contributed by atoms with Crippen LogP contribution in [0.15, 0.2) is 0 Å². The molecule has 0 amide bonds. The number of hydrogen-bond acceptors (Lipinski definition) is 2. The highest BCUT2D eigenvalue weighted by Crippen LogP contribution is 2.32. The van der Waals surface area contributed by atoms with Crippen molar-refractivity contribution in [2.45, 2.75) is 58.4 Å². The van der Waals surface area contributed by atoms with Crippen molar-refractivity contribution < 1.29 is 0 Å². The minimum atomic E-state index is 0.895. The van der Waals surface area contributed by atoms with Gasteiger partial charge < -0.3 is 10.2 Å². The number of rotatable bonds is 5. The summed E-state index contributed by atoms with van der Waals surface area (Å²) in [5.41, 5.74) is 0. The summed E-state index contributed by atoms with van der Waals surface area (Å²) in [6, 6.07) is 0.895. The van der Waals surface area contributed by atoms with E-state index in [-0.39, 0.29) is 0 Å². The van der Waals surface area contributed by atoms with E-state index >= 15 is 0 Å². The third-order valence-corrected chi connectivity index (χ3v) is 4.91. The largest absolute Gasteiger partial charge is 0.316 e. The fraction of sp³-hybridized carbons (Fsp3) is 1.00. The Morgan fingerprint density at radius 1 is 1.12 bits per heavy atom. The fourth-order valence-electron chi connectivity index (χ4n) is 3.70. The quantitative estimate of drug-likeness (QED) is 0.792. The second-order valence-electron chi connectivity index (χ2n) is 6.04. The molecule has 0 spiro atoms. The third-order valence-electron chi connectivity index (χ3n) is 4.91. The SMILES string of the molecule is CCC1CCC(N(CC)CC2CCCNC2)C1. The summed E-state index contributed by atoms with van der Waals surface area (Å²) in [6.45, 7) is 9.77. The molecule has 2 aliphatic rings. The van der Waals surface area contributed by atoms with Gasteiger partial charge in [0.05, 0.1) is 0 Å². The van der Waals surface area contributed by atoms with Crippen LogP contribution in [0.2, 0.25) is 0 Å². The van der Waals surface area contributed by atoms with Crippen molar-refractivity contribution in [1.82, 2.24) is 10.2 Å². The van der Waals surface area contributed by atoms with Crippen molar-refractivity contribution in [3.63, 3.8) is 0 Å². The predicted octanol–water partition coefficient (Wildman–Crippen LogP) is 2.89. The standard InChI is InChI=1S/C15H30N2/c1-3-13-7-8-15(10-13)17(4-2)12-14-6-5-9-16-11-14/h13-16H,3-12H2,1-2H3. The lowest BCUT2D eigenvalue weighted by Gasteiger charge is -2.33. The van der Waals surface area contributed by atoms with E-state index in [9.17, 15) is 0 Å². The van der Waals surface area contributed by atoms with Gasteiger partial charge in [-0.3, -0.25) is 0 Å². The minimum absolute atomic E-state index is 0.895. The molecular weight excluding hydrogens is 208 g/mol. The molecule has 3 atom stereocenters. The van der Waals surface area contributed by atoms with Gasteiger partial charge in [0.1, 0.15) is 0 Å². The van der Waals surface area contributed by atoms with Crippen LogP contribution in [0.25, 0.3) is 0 Å². The first-order valence-electron chi connectivity index (χ1n) is 7.78. The summed E-state index contributed by atoms with van der Waals surface area (Å²) in [4.78, 5) is 2.77. The summed E-state index contributed by atoms with van der Waals surface area (Å²) in [5.74, 6) is 1.92. The Balaban J connectivity index is 1.79. The normalized spacial score (nSPS) is 34.4. The van der Waals surface area contributed by atoms with Crippen LogP contribution in [0.3, 0.4) is 0 Å². The van der Waals surface area contributed by atoms with Crippen molar-refractivity contribution >= 4 is 0 Å². The highest BCUT2D eigenvalue weighted by molar-refractivity contribution is 4.84. The van der Waals surface area contributed by atoms with Gasteiger partial charge in [0, 0.05) is 12.6 Å². The smallest absolute Gasteiger partial charge is 0.00980 e. The van der Waals surface area contributed by atoms with Crippen LogP contribution in [0, 0.1) is 11.8 Å². The Hall–Kier alpha value is -0.0800. The molecule has 0 bridgehead atoms. The van der Waals surface area contributed by atoms with Crippen molar-refractivity contribution in [2.75, 3.05) is 26.2 Å². The van der Waals surface area contributed by atoms with Crippen LogP contribution in [0.1, 0.15) is 52.4 Å². The van der Waals surface area contributed by atoms with Crippen LogP contribution in [0.4, 0.5) is 0 Å². The molecule has 2 rings (SSSR count). The van der Waals surface area contributed by atoms with Gasteiger partial charge in [-0.1, -0.05) is 20.3 Å². The Morgan fingerprint density at radius 3 is 2.59 bits per heavy atom. The van der Waals surface area contributed by atoms with Crippen molar-refractivity contribution in [3.8, 4) is 0 Å². The van der Waals surface area contributed by atoms with E-state index in [2.05, 4.69) is 24.1 Å². The molecule has 3 unspecified atom stereocenters. The van der Waals surface area contributed by atoms with E-state index < -0.39 is 0 Å². The molecule has 0 radical (unpaired) electrons. The van der Waals surface area contributed by atoms with Gasteiger partial charge in [-0.05, 0) is 63.6 Å². The highest BCUT2D eigenvalue weighted by atomic mass is 15.2. The molecule has 1 saturated heterocycles. The van der Waals surface area contributed by atoms with Crippen LogP contribution < -0.4 is 5.32 Å². The Kier molecular flexibility index (Phi) is 5.30. The van der Waals surface area contributed by atoms with E-state index in [1.54, 1.807) is 0 Å². The van der Waals surface area contributed by atoms with Gasteiger partial charge >= 0.3 is 0 Å². The lowest BCUT2D eigenvalue weighted by molar-refractivity contribution is 0.159. The van der Waals surface area contributed by atoms with Crippen LogP contribution in [-0.4, -0.2) is 37.1 Å².